The summed E-state index contributed by atoms with van der Waals surface area (Å²) in [5, 5.41) is 3.49. The van der Waals surface area contributed by atoms with Gasteiger partial charge in [0.1, 0.15) is 6.04 Å². The molecule has 4 nitrogen and oxygen atoms in total. The molecule has 124 valence electrons. The van der Waals surface area contributed by atoms with Crippen LogP contribution >= 0.6 is 11.6 Å². The van der Waals surface area contributed by atoms with Crippen LogP contribution in [0.2, 0.25) is 5.02 Å². The van der Waals surface area contributed by atoms with E-state index >= 15 is 0 Å². The lowest BCUT2D eigenvalue weighted by Gasteiger charge is -2.22. The smallest absolute Gasteiger partial charge is 0.249 e. The highest BCUT2D eigenvalue weighted by atomic mass is 35.5. The zero-order chi connectivity index (χ0) is 16.2. The van der Waals surface area contributed by atoms with Gasteiger partial charge in [0.25, 0.3) is 0 Å². The highest BCUT2D eigenvalue weighted by Crippen LogP contribution is 2.29. The van der Waals surface area contributed by atoms with Crippen LogP contribution in [0.4, 0.5) is 5.69 Å². The number of nitrogens with zero attached hydrogens (tertiary/aromatic N) is 1. The summed E-state index contributed by atoms with van der Waals surface area (Å²) in [6.45, 7) is 0.594. The Labute approximate surface area is 142 Å². The van der Waals surface area contributed by atoms with E-state index in [1.807, 2.05) is 18.2 Å². The molecule has 1 N–H and O–H groups in total. The van der Waals surface area contributed by atoms with Crippen molar-refractivity contribution < 1.29 is 9.59 Å². The van der Waals surface area contributed by atoms with Gasteiger partial charge >= 0.3 is 0 Å². The molecular formula is C18H23ClN2O2. The molecule has 1 unspecified atom stereocenters. The molecule has 0 spiro atoms. The number of anilines is 1. The van der Waals surface area contributed by atoms with E-state index < -0.39 is 6.04 Å². The third-order valence-corrected chi connectivity index (χ3v) is 5.20. The normalized spacial score (nSPS) is 22.4. The summed E-state index contributed by atoms with van der Waals surface area (Å²) in [5.74, 6) is 0.436. The van der Waals surface area contributed by atoms with Crippen molar-refractivity contribution in [2.24, 2.45) is 5.92 Å². The minimum absolute atomic E-state index is 0.0104. The summed E-state index contributed by atoms with van der Waals surface area (Å²) in [6.07, 6.45) is 7.19. The third-order valence-electron chi connectivity index (χ3n) is 4.88. The lowest BCUT2D eigenvalue weighted by molar-refractivity contribution is -0.127. The van der Waals surface area contributed by atoms with Crippen molar-refractivity contribution in [1.29, 1.82) is 0 Å². The number of amides is 2. The minimum atomic E-state index is -0.414. The van der Waals surface area contributed by atoms with Crippen LogP contribution in [0.25, 0.3) is 0 Å². The SMILES string of the molecule is O=C(CC1CCCCC1)NC1CCN(c2ccccc2Cl)C1=O. The zero-order valence-corrected chi connectivity index (χ0v) is 14.0. The van der Waals surface area contributed by atoms with Gasteiger partial charge in [-0.2, -0.15) is 0 Å². The monoisotopic (exact) mass is 334 g/mol. The fraction of sp³-hybridized carbons (Fsp3) is 0.556. The van der Waals surface area contributed by atoms with Crippen molar-refractivity contribution in [3.63, 3.8) is 0 Å². The van der Waals surface area contributed by atoms with Gasteiger partial charge in [0.05, 0.1) is 10.7 Å². The molecule has 1 aliphatic carbocycles. The first-order valence-corrected chi connectivity index (χ1v) is 8.88. The highest BCUT2D eigenvalue weighted by molar-refractivity contribution is 6.34. The van der Waals surface area contributed by atoms with Crippen LogP contribution in [0.1, 0.15) is 44.9 Å². The van der Waals surface area contributed by atoms with Crippen LogP contribution in [0.3, 0.4) is 0 Å². The first-order valence-electron chi connectivity index (χ1n) is 8.50. The number of carbonyl (C=O) groups is 2. The summed E-state index contributed by atoms with van der Waals surface area (Å²) in [7, 11) is 0. The molecular weight excluding hydrogens is 312 g/mol. The van der Waals surface area contributed by atoms with Gasteiger partial charge < -0.3 is 10.2 Å². The molecule has 3 rings (SSSR count). The fourth-order valence-corrected chi connectivity index (χ4v) is 3.87. The summed E-state index contributed by atoms with van der Waals surface area (Å²) in [4.78, 5) is 26.4. The molecule has 23 heavy (non-hydrogen) atoms. The topological polar surface area (TPSA) is 49.4 Å². The number of carbonyl (C=O) groups excluding carboxylic acids is 2. The second-order valence-electron chi connectivity index (χ2n) is 6.56. The van der Waals surface area contributed by atoms with Gasteiger partial charge in [0, 0.05) is 13.0 Å². The van der Waals surface area contributed by atoms with Crippen molar-refractivity contribution in [2.75, 3.05) is 11.4 Å². The Morgan fingerprint density at radius 1 is 1.17 bits per heavy atom. The number of para-hydroxylation sites is 1. The molecule has 1 atom stereocenters. The quantitative estimate of drug-likeness (QED) is 0.915. The number of halogens is 1. The van der Waals surface area contributed by atoms with Gasteiger partial charge in [-0.05, 0) is 37.3 Å². The highest BCUT2D eigenvalue weighted by Gasteiger charge is 2.34. The number of hydrogen-bond donors (Lipinski definition) is 1. The molecule has 0 aromatic heterocycles. The second-order valence-corrected chi connectivity index (χ2v) is 6.97. The molecule has 5 heteroatoms. The molecule has 1 aromatic rings. The van der Waals surface area contributed by atoms with E-state index in [9.17, 15) is 9.59 Å². The summed E-state index contributed by atoms with van der Waals surface area (Å²) in [6, 6.07) is 6.91. The Morgan fingerprint density at radius 2 is 1.91 bits per heavy atom. The lowest BCUT2D eigenvalue weighted by atomic mass is 9.87. The molecule has 1 aliphatic heterocycles. The van der Waals surface area contributed by atoms with Crippen LogP contribution in [0.5, 0.6) is 0 Å². The van der Waals surface area contributed by atoms with Gasteiger partial charge in [0.15, 0.2) is 0 Å². The maximum absolute atomic E-state index is 12.5. The summed E-state index contributed by atoms with van der Waals surface area (Å²) in [5.41, 5.74) is 0.725. The van der Waals surface area contributed by atoms with Gasteiger partial charge in [0.2, 0.25) is 11.8 Å². The van der Waals surface area contributed by atoms with Crippen LogP contribution < -0.4 is 10.2 Å². The predicted octanol–water partition coefficient (Wildman–Crippen LogP) is 3.53. The van der Waals surface area contributed by atoms with Crippen molar-refractivity contribution in [3.05, 3.63) is 29.3 Å². The van der Waals surface area contributed by atoms with Crippen LogP contribution in [-0.2, 0) is 9.59 Å². The Hall–Kier alpha value is -1.55. The molecule has 1 saturated carbocycles. The standard InChI is InChI=1S/C18H23ClN2O2/c19-14-8-4-5-9-16(14)21-11-10-15(18(21)23)20-17(22)12-13-6-2-1-3-7-13/h4-5,8-9,13,15H,1-3,6-7,10-12H2,(H,20,22). The third kappa shape index (κ3) is 3.86. The summed E-state index contributed by atoms with van der Waals surface area (Å²) < 4.78 is 0. The van der Waals surface area contributed by atoms with E-state index in [2.05, 4.69) is 5.32 Å². The van der Waals surface area contributed by atoms with Crippen LogP contribution in [0, 0.1) is 5.92 Å². The van der Waals surface area contributed by atoms with Crippen LogP contribution in [0.15, 0.2) is 24.3 Å². The average Bonchev–Trinajstić information content (AvgIpc) is 2.90. The Balaban J connectivity index is 1.56. The first-order chi connectivity index (χ1) is 11.1. The van der Waals surface area contributed by atoms with E-state index in [0.717, 1.165) is 18.5 Å². The largest absolute Gasteiger partial charge is 0.344 e. The van der Waals surface area contributed by atoms with Crippen molar-refractivity contribution >= 4 is 29.1 Å². The van der Waals surface area contributed by atoms with Crippen molar-refractivity contribution in [3.8, 4) is 0 Å². The van der Waals surface area contributed by atoms with Gasteiger partial charge in [-0.1, -0.05) is 43.0 Å². The zero-order valence-electron chi connectivity index (χ0n) is 13.3. The lowest BCUT2D eigenvalue weighted by Crippen LogP contribution is -2.42. The molecule has 2 amide bonds. The molecule has 1 heterocycles. The molecule has 1 aromatic carbocycles. The van der Waals surface area contributed by atoms with Gasteiger partial charge in [-0.25, -0.2) is 0 Å². The summed E-state index contributed by atoms with van der Waals surface area (Å²) >= 11 is 6.17. The Bertz CT molecular complexity index is 584. The number of nitrogens with one attached hydrogen (secondary N) is 1. The second kappa shape index (κ2) is 7.35. The first kappa shape index (κ1) is 16.3. The predicted molar refractivity (Wildman–Crippen MR) is 91.5 cm³/mol. The van der Waals surface area contributed by atoms with Crippen LogP contribution in [-0.4, -0.2) is 24.4 Å². The number of hydrogen-bond acceptors (Lipinski definition) is 2. The molecule has 1 saturated heterocycles. The average molecular weight is 335 g/mol. The number of benzene rings is 1. The van der Waals surface area contributed by atoms with E-state index in [-0.39, 0.29) is 11.8 Å². The van der Waals surface area contributed by atoms with Crippen molar-refractivity contribution in [2.45, 2.75) is 51.0 Å². The number of rotatable bonds is 4. The molecule has 2 fully saturated rings. The molecule has 0 bridgehead atoms. The van der Waals surface area contributed by atoms with Gasteiger partial charge in [-0.3, -0.25) is 9.59 Å². The van der Waals surface area contributed by atoms with E-state index in [0.29, 0.717) is 30.3 Å². The Kier molecular flexibility index (Phi) is 5.21. The van der Waals surface area contributed by atoms with Crippen molar-refractivity contribution in [1.82, 2.24) is 5.32 Å². The maximum Gasteiger partial charge on any atom is 0.249 e. The Morgan fingerprint density at radius 3 is 2.65 bits per heavy atom. The maximum atomic E-state index is 12.5. The fourth-order valence-electron chi connectivity index (χ4n) is 3.63. The van der Waals surface area contributed by atoms with E-state index in [1.54, 1.807) is 11.0 Å². The molecule has 0 radical (unpaired) electrons. The minimum Gasteiger partial charge on any atom is -0.344 e. The van der Waals surface area contributed by atoms with E-state index in [4.69, 9.17) is 11.6 Å². The molecule has 2 aliphatic rings. The van der Waals surface area contributed by atoms with E-state index in [1.165, 1.54) is 19.3 Å². The van der Waals surface area contributed by atoms with Gasteiger partial charge in [-0.15, -0.1) is 0 Å².